The zero-order valence-electron chi connectivity index (χ0n) is 36.8. The molecule has 1 aliphatic heterocycles. The third-order valence-corrected chi connectivity index (χ3v) is 9.75. The molecule has 0 saturated carbocycles. The van der Waals surface area contributed by atoms with Crippen LogP contribution in [0.1, 0.15) is 70.6 Å². The van der Waals surface area contributed by atoms with Gasteiger partial charge >= 0.3 is 17.9 Å². The number of carboxylic acid groups (broad SMARTS) is 1. The second-order valence-corrected chi connectivity index (χ2v) is 15.8. The Hall–Kier alpha value is -4.56. The maximum atomic E-state index is 12.3. The summed E-state index contributed by atoms with van der Waals surface area (Å²) < 4.78 is 33.9. The summed E-state index contributed by atoms with van der Waals surface area (Å²) in [7, 11) is 2.06. The van der Waals surface area contributed by atoms with Crippen molar-refractivity contribution in [1.29, 1.82) is 0 Å². The van der Waals surface area contributed by atoms with Crippen LogP contribution in [0.3, 0.4) is 0 Å². The molecule has 0 aliphatic carbocycles. The van der Waals surface area contributed by atoms with Gasteiger partial charge in [-0.05, 0) is 49.3 Å². The van der Waals surface area contributed by atoms with E-state index in [0.29, 0.717) is 63.4 Å². The van der Waals surface area contributed by atoms with E-state index in [9.17, 15) is 34.5 Å². The molecule has 5 atom stereocenters. The number of rotatable bonds is 34. The Balaban J connectivity index is 1.12. The molecule has 1 aromatic carbocycles. The van der Waals surface area contributed by atoms with Crippen molar-refractivity contribution in [3.63, 3.8) is 0 Å². The smallest absolute Gasteiger partial charge is 0.345 e. The summed E-state index contributed by atoms with van der Waals surface area (Å²) >= 11 is 0. The summed E-state index contributed by atoms with van der Waals surface area (Å²) in [5.74, 6) is -3.71. The van der Waals surface area contributed by atoms with Gasteiger partial charge in [-0.25, -0.2) is 9.59 Å². The first kappa shape index (κ1) is 51.8. The van der Waals surface area contributed by atoms with Gasteiger partial charge < -0.3 is 59.2 Å². The molecule has 0 radical (unpaired) electrons. The molecule has 1 saturated heterocycles. The molecule has 62 heavy (non-hydrogen) atoms. The number of carbonyl (C=O) groups is 4. The summed E-state index contributed by atoms with van der Waals surface area (Å²) in [6.45, 7) is 12.9. The Morgan fingerprint density at radius 2 is 1.47 bits per heavy atom. The highest BCUT2D eigenvalue weighted by Gasteiger charge is 2.43. The lowest BCUT2D eigenvalue weighted by atomic mass is 9.96. The molecular formula is C44H68N4O14. The van der Waals surface area contributed by atoms with Crippen LogP contribution in [0.2, 0.25) is 0 Å². The maximum absolute atomic E-state index is 12.3. The molecule has 0 spiro atoms. The number of esters is 1. The molecule has 1 amide bonds. The standard InChI is InChI=1S/C44H68N4O14/c1-31(2)27-36(43(53)54)60-44(55)33(4)28-46-37(49)29-45-17-8-6-7-9-32(3)41-42(61-41)35-12-10-34(11-13-35)30-47(5)18-20-57-22-24-59-26-25-58-23-21-56-19-16-40(52)62-48-38(50)14-15-39(48)51/h6,8,10-15,31-33,36,41-42,45,50-51H,7,9,16-30H2,1-5H3,(H,46,49)(H,53,54). The Kier molecular flexibility index (Phi) is 24.2. The predicted molar refractivity (Wildman–Crippen MR) is 227 cm³/mol. The van der Waals surface area contributed by atoms with Crippen LogP contribution in [-0.4, -0.2) is 147 Å². The number of ether oxygens (including phenoxy) is 6. The quantitative estimate of drug-likeness (QED) is 0.0294. The van der Waals surface area contributed by atoms with E-state index in [0.717, 1.165) is 25.9 Å². The fourth-order valence-corrected chi connectivity index (χ4v) is 6.10. The van der Waals surface area contributed by atoms with Crippen LogP contribution >= 0.6 is 0 Å². The van der Waals surface area contributed by atoms with Gasteiger partial charge in [-0.3, -0.25) is 14.5 Å². The van der Waals surface area contributed by atoms with Gasteiger partial charge in [0.05, 0.1) is 77.8 Å². The van der Waals surface area contributed by atoms with E-state index in [1.54, 1.807) is 6.92 Å². The molecule has 3 rings (SSSR count). The zero-order chi connectivity index (χ0) is 45.3. The molecule has 1 fully saturated rings. The van der Waals surface area contributed by atoms with Crippen molar-refractivity contribution in [3.8, 4) is 11.8 Å². The largest absolute Gasteiger partial charge is 0.492 e. The van der Waals surface area contributed by atoms with Crippen molar-refractivity contribution >= 4 is 23.8 Å². The topological polar surface area (TPSA) is 229 Å². The average Bonchev–Trinajstić information content (AvgIpc) is 3.98. The van der Waals surface area contributed by atoms with E-state index in [-0.39, 0.29) is 68.3 Å². The van der Waals surface area contributed by atoms with Crippen molar-refractivity contribution in [2.24, 2.45) is 17.8 Å². The molecule has 348 valence electrons. The first-order valence-electron chi connectivity index (χ1n) is 21.3. The van der Waals surface area contributed by atoms with E-state index in [1.165, 1.54) is 23.3 Å². The molecule has 5 unspecified atom stereocenters. The van der Waals surface area contributed by atoms with Crippen molar-refractivity contribution in [2.75, 3.05) is 86.1 Å². The van der Waals surface area contributed by atoms with Crippen molar-refractivity contribution in [1.82, 2.24) is 20.3 Å². The lowest BCUT2D eigenvalue weighted by Gasteiger charge is -2.18. The zero-order valence-corrected chi connectivity index (χ0v) is 36.8. The minimum absolute atomic E-state index is 0.0511. The fraction of sp³-hybridized carbons (Fsp3) is 0.636. The van der Waals surface area contributed by atoms with Gasteiger partial charge in [0.1, 0.15) is 6.10 Å². The fourth-order valence-electron chi connectivity index (χ4n) is 6.10. The summed E-state index contributed by atoms with van der Waals surface area (Å²) in [6, 6.07) is 11.0. The number of hydrogen-bond donors (Lipinski definition) is 5. The van der Waals surface area contributed by atoms with Crippen LogP contribution in [0, 0.1) is 17.8 Å². The molecule has 5 N–H and O–H groups in total. The monoisotopic (exact) mass is 876 g/mol. The number of benzene rings is 1. The lowest BCUT2D eigenvalue weighted by Crippen LogP contribution is -2.39. The number of aliphatic carboxylic acids is 1. The second-order valence-electron chi connectivity index (χ2n) is 15.8. The second kappa shape index (κ2) is 28.9. The van der Waals surface area contributed by atoms with Crippen LogP contribution in [-0.2, 0) is 54.1 Å². The average molecular weight is 877 g/mol. The number of epoxide rings is 1. The Morgan fingerprint density at radius 3 is 2.08 bits per heavy atom. The molecular weight excluding hydrogens is 808 g/mol. The van der Waals surface area contributed by atoms with Crippen LogP contribution in [0.25, 0.3) is 0 Å². The third kappa shape index (κ3) is 21.0. The molecule has 1 aliphatic rings. The number of likely N-dealkylation sites (N-methyl/N-ethyl adjacent to an activating group) is 1. The highest BCUT2D eigenvalue weighted by molar-refractivity contribution is 5.81. The van der Waals surface area contributed by atoms with Gasteiger partial charge in [0, 0.05) is 38.3 Å². The number of aromatic hydroxyl groups is 2. The number of amides is 1. The van der Waals surface area contributed by atoms with E-state index in [1.807, 2.05) is 19.9 Å². The minimum atomic E-state index is -1.19. The molecule has 18 heteroatoms. The normalized spacial score (nSPS) is 16.4. The Morgan fingerprint density at radius 1 is 0.855 bits per heavy atom. The van der Waals surface area contributed by atoms with Crippen LogP contribution in [0.4, 0.5) is 0 Å². The van der Waals surface area contributed by atoms with Crippen LogP contribution in [0.5, 0.6) is 11.8 Å². The van der Waals surface area contributed by atoms with Gasteiger partial charge in [0.2, 0.25) is 17.7 Å². The highest BCUT2D eigenvalue weighted by atomic mass is 16.7. The Labute approximate surface area is 364 Å². The number of nitrogens with one attached hydrogen (secondary N) is 2. The number of carboxylic acids is 1. The number of hydrogen-bond acceptors (Lipinski definition) is 15. The number of nitrogens with zero attached hydrogens (tertiary/aromatic N) is 2. The van der Waals surface area contributed by atoms with Crippen LogP contribution in [0.15, 0.2) is 48.6 Å². The predicted octanol–water partition coefficient (Wildman–Crippen LogP) is 3.24. The summed E-state index contributed by atoms with van der Waals surface area (Å²) in [5.41, 5.74) is 2.40. The van der Waals surface area contributed by atoms with Gasteiger partial charge in [0.15, 0.2) is 6.10 Å². The summed E-state index contributed by atoms with van der Waals surface area (Å²) in [4.78, 5) is 54.6. The lowest BCUT2D eigenvalue weighted by molar-refractivity contribution is -0.167. The van der Waals surface area contributed by atoms with Crippen molar-refractivity contribution in [3.05, 3.63) is 59.7 Å². The summed E-state index contributed by atoms with van der Waals surface area (Å²) in [5, 5.41) is 34.0. The molecule has 2 aromatic rings. The van der Waals surface area contributed by atoms with Gasteiger partial charge in [0.25, 0.3) is 0 Å². The van der Waals surface area contributed by atoms with E-state index in [2.05, 4.69) is 59.8 Å². The number of carbonyl (C=O) groups excluding carboxylic acids is 3. The maximum Gasteiger partial charge on any atom is 0.345 e. The van der Waals surface area contributed by atoms with E-state index in [4.69, 9.17) is 33.3 Å². The van der Waals surface area contributed by atoms with Crippen molar-refractivity contribution < 1.29 is 67.8 Å². The molecule has 2 heterocycles. The molecule has 18 nitrogen and oxygen atoms in total. The first-order chi connectivity index (χ1) is 29.7. The SMILES string of the molecule is CC(C)CC(OC(=O)C(C)CNC(=O)CNCC=CCCC(C)C1OC1c1ccc(CN(C)CCOCCOCCOCCOCCC(=O)On2c(O)ccc2O)cc1)C(=O)O. The first-order valence-corrected chi connectivity index (χ1v) is 21.3. The summed E-state index contributed by atoms with van der Waals surface area (Å²) in [6.07, 6.45) is 5.26. The van der Waals surface area contributed by atoms with Gasteiger partial charge in [-0.2, -0.15) is 0 Å². The van der Waals surface area contributed by atoms with Gasteiger partial charge in [-0.1, -0.05) is 64.1 Å². The Bertz CT molecular complexity index is 1630. The van der Waals surface area contributed by atoms with E-state index >= 15 is 0 Å². The number of allylic oxidation sites excluding steroid dienone is 1. The molecule has 0 bridgehead atoms. The van der Waals surface area contributed by atoms with Crippen molar-refractivity contribution in [2.45, 2.75) is 78.2 Å². The molecule has 1 aromatic heterocycles. The van der Waals surface area contributed by atoms with Gasteiger partial charge in [-0.15, -0.1) is 4.73 Å². The number of aromatic nitrogens is 1. The van der Waals surface area contributed by atoms with E-state index < -0.39 is 29.9 Å². The highest BCUT2D eigenvalue weighted by Crippen LogP contribution is 2.44. The van der Waals surface area contributed by atoms with Crippen LogP contribution < -0.4 is 15.5 Å². The minimum Gasteiger partial charge on any atom is -0.492 e. The third-order valence-electron chi connectivity index (χ3n) is 9.75.